The number of ether oxygens (including phenoxy) is 6. The number of alkyl halides is 2. The molecule has 1 aromatic heterocycles. The van der Waals surface area contributed by atoms with Crippen LogP contribution in [-0.4, -0.2) is 251 Å². The fourth-order valence-corrected chi connectivity index (χ4v) is 7.43. The van der Waals surface area contributed by atoms with E-state index in [0.29, 0.717) is 63.3 Å². The van der Waals surface area contributed by atoms with Gasteiger partial charge in [0.2, 0.25) is 23.6 Å². The minimum absolute atomic E-state index is 0.0129. The quantitative estimate of drug-likeness (QED) is 0.0178. The number of Topliss-reactive ketones (excluding diaryl/α,β-unsaturated/α-hetero) is 1. The van der Waals surface area contributed by atoms with Crippen molar-refractivity contribution < 1.29 is 107 Å². The van der Waals surface area contributed by atoms with Crippen LogP contribution in [0.4, 0.5) is 13.6 Å². The molecule has 0 bridgehead atoms. The molecule has 1 aromatic rings. The molecule has 6 amide bonds. The zero-order valence-corrected chi connectivity index (χ0v) is 44.9. The van der Waals surface area contributed by atoms with Crippen LogP contribution < -0.4 is 21.3 Å². The normalized spacial score (nSPS) is 16.6. The highest BCUT2D eigenvalue weighted by Crippen LogP contribution is 2.32. The summed E-state index contributed by atoms with van der Waals surface area (Å²) in [5, 5.41) is 86.9. The van der Waals surface area contributed by atoms with E-state index in [1.165, 1.54) is 25.3 Å². The van der Waals surface area contributed by atoms with Crippen molar-refractivity contribution in [3.63, 3.8) is 0 Å². The topological polar surface area (TPSA) is 408 Å². The third kappa shape index (κ3) is 28.7. The number of thiol groups is 1. The van der Waals surface area contributed by atoms with E-state index >= 15 is 0 Å². The fraction of sp³-hybridized carbons (Fsp3) is 0.729. The van der Waals surface area contributed by atoms with Crippen LogP contribution >= 0.6 is 12.6 Å². The summed E-state index contributed by atoms with van der Waals surface area (Å²) in [6, 6.07) is 0.602. The maximum Gasteiger partial charge on any atom is 0.414 e. The lowest BCUT2D eigenvalue weighted by Crippen LogP contribution is -2.52. The van der Waals surface area contributed by atoms with Gasteiger partial charge in [0.15, 0.2) is 0 Å². The number of amides is 6. The molecule has 79 heavy (non-hydrogen) atoms. The Hall–Kier alpha value is -5.18. The Kier molecular flexibility index (Phi) is 34.7. The van der Waals surface area contributed by atoms with Gasteiger partial charge in [-0.05, 0) is 31.9 Å². The lowest BCUT2D eigenvalue weighted by Gasteiger charge is -2.26. The van der Waals surface area contributed by atoms with Crippen molar-refractivity contribution in [2.24, 2.45) is 0 Å². The molecule has 8 atom stereocenters. The Morgan fingerprint density at radius 2 is 1.37 bits per heavy atom. The van der Waals surface area contributed by atoms with Gasteiger partial charge < -0.3 is 85.0 Å². The molecule has 0 aliphatic carbocycles. The third-order valence-electron chi connectivity index (χ3n) is 11.6. The van der Waals surface area contributed by atoms with Gasteiger partial charge in [-0.3, -0.25) is 39.1 Å². The predicted octanol–water partition coefficient (Wildman–Crippen LogP) is -2.80. The highest BCUT2D eigenvalue weighted by atomic mass is 32.1. The van der Waals surface area contributed by atoms with Crippen molar-refractivity contribution in [2.45, 2.75) is 120 Å². The van der Waals surface area contributed by atoms with Crippen molar-refractivity contribution >= 4 is 54.0 Å². The Morgan fingerprint density at radius 1 is 0.810 bits per heavy atom. The summed E-state index contributed by atoms with van der Waals surface area (Å²) in [5.41, 5.74) is 0.427. The molecular weight excluding hydrogens is 1080 g/mol. The van der Waals surface area contributed by atoms with Crippen molar-refractivity contribution in [1.29, 1.82) is 5.26 Å². The van der Waals surface area contributed by atoms with Crippen molar-refractivity contribution in [3.05, 3.63) is 29.6 Å². The Morgan fingerprint density at radius 3 is 1.92 bits per heavy atom. The molecule has 11 N–H and O–H groups in total. The second-order valence-corrected chi connectivity index (χ2v) is 18.1. The van der Waals surface area contributed by atoms with Crippen LogP contribution in [-0.2, 0) is 58.9 Å². The van der Waals surface area contributed by atoms with Crippen molar-refractivity contribution in [1.82, 2.24) is 36.1 Å². The molecule has 28 nitrogen and oxygen atoms in total. The van der Waals surface area contributed by atoms with Gasteiger partial charge in [0.25, 0.3) is 11.8 Å². The third-order valence-corrected chi connectivity index (χ3v) is 11.8. The van der Waals surface area contributed by atoms with E-state index in [1.807, 2.05) is 0 Å². The van der Waals surface area contributed by atoms with E-state index in [-0.39, 0.29) is 83.0 Å². The molecule has 0 radical (unpaired) electrons. The van der Waals surface area contributed by atoms with Gasteiger partial charge in [0, 0.05) is 63.4 Å². The van der Waals surface area contributed by atoms with Crippen molar-refractivity contribution in [3.8, 4) is 6.07 Å². The van der Waals surface area contributed by atoms with Gasteiger partial charge in [0.1, 0.15) is 42.4 Å². The van der Waals surface area contributed by atoms with Crippen LogP contribution in [0, 0.1) is 11.3 Å². The van der Waals surface area contributed by atoms with Crippen LogP contribution in [0.5, 0.6) is 0 Å². The van der Waals surface area contributed by atoms with Gasteiger partial charge in [0.05, 0.1) is 122 Å². The summed E-state index contributed by atoms with van der Waals surface area (Å²) in [4.78, 5) is 92.3. The summed E-state index contributed by atoms with van der Waals surface area (Å²) in [7, 11) is 0. The number of nitriles is 1. The van der Waals surface area contributed by atoms with Gasteiger partial charge in [-0.25, -0.2) is 18.5 Å². The number of imide groups is 1. The first kappa shape index (κ1) is 69.9. The second kappa shape index (κ2) is 39.3. The zero-order valence-electron chi connectivity index (χ0n) is 44.0. The fourth-order valence-electron chi connectivity index (χ4n) is 7.17. The number of aromatic nitrogens is 1. The summed E-state index contributed by atoms with van der Waals surface area (Å²) in [6.45, 7) is 2.03. The summed E-state index contributed by atoms with van der Waals surface area (Å²) < 4.78 is 60.3. The monoisotopic (exact) mass is 1150 g/mol. The minimum Gasteiger partial charge on any atom is -0.465 e. The number of carbonyl (C=O) groups is 7. The average Bonchev–Trinajstić information content (AvgIpc) is 3.77. The van der Waals surface area contributed by atoms with Crippen LogP contribution in [0.1, 0.15) is 74.3 Å². The number of carboxylic acid groups (broad SMARTS) is 1. The number of likely N-dealkylation sites (tertiary alicyclic amines) is 1. The average molecular weight is 1160 g/mol. The molecule has 0 aromatic carbocycles. The highest BCUT2D eigenvalue weighted by Gasteiger charge is 2.48. The summed E-state index contributed by atoms with van der Waals surface area (Å²) in [6.07, 6.45) is -9.84. The van der Waals surface area contributed by atoms with E-state index in [9.17, 15) is 78.2 Å². The van der Waals surface area contributed by atoms with E-state index < -0.39 is 129 Å². The SMILES string of the molecule is C[C@@H](NC(=O)c1ccnc(CNC(=O)CCC(=O)CCCOCCOCCOCCOCCOCCOCC[C@H](O)N[C@H](CCC(=O)NC[C@H](O)[C@@H](O)[C@H](O)[C@H](O)CO)C(=O)N(CS)C(=O)O)c1)C(=O)N1CC(F)(F)C[C@H]1C#N. The predicted molar refractivity (Wildman–Crippen MR) is 272 cm³/mol. The van der Waals surface area contributed by atoms with E-state index in [1.54, 1.807) is 6.07 Å². The first-order valence-electron chi connectivity index (χ1n) is 25.4. The van der Waals surface area contributed by atoms with Gasteiger partial charge in [-0.15, -0.1) is 0 Å². The van der Waals surface area contributed by atoms with Crippen LogP contribution in [0.2, 0.25) is 0 Å². The molecule has 0 spiro atoms. The Balaban J connectivity index is 1.45. The van der Waals surface area contributed by atoms with Crippen LogP contribution in [0.3, 0.4) is 0 Å². The zero-order chi connectivity index (χ0) is 58.8. The van der Waals surface area contributed by atoms with Crippen LogP contribution in [0.25, 0.3) is 0 Å². The number of aliphatic hydroxyl groups excluding tert-OH is 6. The van der Waals surface area contributed by atoms with E-state index in [2.05, 4.69) is 38.9 Å². The largest absolute Gasteiger partial charge is 0.465 e. The molecule has 31 heteroatoms. The maximum absolute atomic E-state index is 13.8. The lowest BCUT2D eigenvalue weighted by atomic mass is 10.0. The molecule has 448 valence electrons. The number of rotatable bonds is 43. The molecule has 1 fully saturated rings. The number of ketones is 1. The smallest absolute Gasteiger partial charge is 0.414 e. The second-order valence-electron chi connectivity index (χ2n) is 17.9. The summed E-state index contributed by atoms with van der Waals surface area (Å²) in [5.74, 6) is -7.47. The molecule has 2 rings (SSSR count). The van der Waals surface area contributed by atoms with Gasteiger partial charge in [-0.2, -0.15) is 17.9 Å². The molecule has 1 aliphatic heterocycles. The molecule has 0 unspecified atom stereocenters. The Labute approximate surface area is 460 Å². The number of carbonyl (C=O) groups excluding carboxylic acids is 6. The standard InChI is InChI=1S/C48H76F2N8O20S/c1-31(45(69)57-29-48(49,50)24-34(57)25-51)55-44(68)32-8-10-52-33(23-32)26-53-39(63)6-4-35(60)3-2-11-73-13-15-75-17-19-77-21-22-78-20-18-76-16-14-74-12-9-41(65)56-36(46(70)58(30-79)47(71)72)5-7-40(64)54-27-37(61)42(66)43(67)38(62)28-59/h8,10,23,31,34,36-38,41-43,56,59,61-62,65-67,79H,2-7,9,11-22,24,26-30H2,1H3,(H,53,63)(H,54,64)(H,55,68)(H,71,72)/t31-,34+,36-,37+,38-,41+,42-,43-/m1/s1. The maximum atomic E-state index is 13.8. The number of aliphatic hydroxyl groups is 6. The molecular formula is C48H76F2N8O20S. The number of hydrogen-bond donors (Lipinski definition) is 12. The van der Waals surface area contributed by atoms with Gasteiger partial charge in [-0.1, -0.05) is 0 Å². The lowest BCUT2D eigenvalue weighted by molar-refractivity contribution is -0.134. The molecule has 1 saturated heterocycles. The van der Waals surface area contributed by atoms with Gasteiger partial charge >= 0.3 is 6.09 Å². The molecule has 2 heterocycles. The number of pyridine rings is 1. The highest BCUT2D eigenvalue weighted by molar-refractivity contribution is 7.80. The number of hydrogen-bond acceptors (Lipinski definition) is 23. The Bertz CT molecular complexity index is 2070. The number of nitrogens with one attached hydrogen (secondary N) is 4. The molecule has 1 aliphatic rings. The minimum atomic E-state index is -3.20. The van der Waals surface area contributed by atoms with Crippen molar-refractivity contribution in [2.75, 3.05) is 105 Å². The number of nitrogens with zero attached hydrogens (tertiary/aromatic N) is 4. The van der Waals surface area contributed by atoms with Crippen LogP contribution in [0.15, 0.2) is 18.3 Å². The van der Waals surface area contributed by atoms with E-state index in [0.717, 1.165) is 4.90 Å². The molecule has 0 saturated carbocycles. The van der Waals surface area contributed by atoms with E-state index in [4.69, 9.17) is 33.5 Å². The first-order chi connectivity index (χ1) is 37.6. The number of halogens is 2. The summed E-state index contributed by atoms with van der Waals surface area (Å²) >= 11 is 3.85. The first-order valence-corrected chi connectivity index (χ1v) is 26.0.